The summed E-state index contributed by atoms with van der Waals surface area (Å²) in [4.78, 5) is 0. The van der Waals surface area contributed by atoms with E-state index in [9.17, 15) is 26.3 Å². The van der Waals surface area contributed by atoms with E-state index in [0.29, 0.717) is 0 Å². The van der Waals surface area contributed by atoms with Crippen LogP contribution in [0.25, 0.3) is 0 Å². The number of hydrogen-bond acceptors (Lipinski definition) is 2. The van der Waals surface area contributed by atoms with Crippen molar-refractivity contribution in [3.63, 3.8) is 0 Å². The van der Waals surface area contributed by atoms with Crippen LogP contribution in [0.5, 0.6) is 0 Å². The van der Waals surface area contributed by atoms with Gasteiger partial charge in [0.1, 0.15) is 0 Å². The predicted octanol–water partition coefficient (Wildman–Crippen LogP) is 3.66. The molecule has 1 aromatic rings. The Bertz CT molecular complexity index is 571. The zero-order valence-corrected chi connectivity index (χ0v) is 9.02. The summed E-state index contributed by atoms with van der Waals surface area (Å²) in [5, 5.41) is 17.0. The Balaban J connectivity index is 3.66. The largest absolute Gasteiger partial charge is 0.417 e. The van der Waals surface area contributed by atoms with Gasteiger partial charge in [0.25, 0.3) is 0 Å². The molecule has 0 bridgehead atoms. The Labute approximate surface area is 103 Å². The minimum Gasteiger partial charge on any atom is -0.198 e. The fraction of sp³-hybridized carbons (Fsp3) is 0.273. The average Bonchev–Trinajstić information content (AvgIpc) is 2.25. The maximum atomic E-state index is 12.7. The molecule has 19 heavy (non-hydrogen) atoms. The molecule has 0 saturated heterocycles. The van der Waals surface area contributed by atoms with Crippen LogP contribution in [-0.4, -0.2) is 0 Å². The monoisotopic (exact) mass is 278 g/mol. The molecule has 0 radical (unpaired) electrons. The molecule has 1 rings (SSSR count). The van der Waals surface area contributed by atoms with Crippen LogP contribution >= 0.6 is 0 Å². The smallest absolute Gasteiger partial charge is 0.198 e. The fourth-order valence-corrected chi connectivity index (χ4v) is 1.51. The highest BCUT2D eigenvalue weighted by atomic mass is 19.4. The number of alkyl halides is 6. The molecule has 0 spiro atoms. The van der Waals surface area contributed by atoms with E-state index in [4.69, 9.17) is 10.5 Å². The Morgan fingerprint density at radius 3 is 1.89 bits per heavy atom. The van der Waals surface area contributed by atoms with Gasteiger partial charge in [-0.05, 0) is 17.7 Å². The maximum Gasteiger partial charge on any atom is 0.417 e. The van der Waals surface area contributed by atoms with Crippen molar-refractivity contribution in [2.24, 2.45) is 0 Å². The van der Waals surface area contributed by atoms with E-state index >= 15 is 0 Å². The van der Waals surface area contributed by atoms with Gasteiger partial charge >= 0.3 is 12.4 Å². The molecule has 0 fully saturated rings. The molecule has 0 heterocycles. The zero-order chi connectivity index (χ0) is 14.8. The standard InChI is InChI=1S/C11H4F6N2/c12-10(13,14)8-3-6(1-2-18)9(11(15,16)17)7(4-8)5-19/h3-4H,1H2. The second-order valence-electron chi connectivity index (χ2n) is 3.50. The summed E-state index contributed by atoms with van der Waals surface area (Å²) < 4.78 is 75.6. The van der Waals surface area contributed by atoms with E-state index in [1.54, 1.807) is 0 Å². The lowest BCUT2D eigenvalue weighted by Gasteiger charge is -2.16. The molecule has 0 aliphatic carbocycles. The van der Waals surface area contributed by atoms with E-state index in [0.717, 1.165) is 6.07 Å². The topological polar surface area (TPSA) is 47.6 Å². The van der Waals surface area contributed by atoms with Gasteiger partial charge < -0.3 is 0 Å². The van der Waals surface area contributed by atoms with Gasteiger partial charge in [-0.3, -0.25) is 0 Å². The fourth-order valence-electron chi connectivity index (χ4n) is 1.51. The van der Waals surface area contributed by atoms with Crippen molar-refractivity contribution in [3.8, 4) is 12.1 Å². The summed E-state index contributed by atoms with van der Waals surface area (Å²) in [5.74, 6) is 0. The first-order valence-electron chi connectivity index (χ1n) is 4.69. The third kappa shape index (κ3) is 3.16. The van der Waals surface area contributed by atoms with Crippen molar-refractivity contribution in [1.29, 1.82) is 10.5 Å². The molecule has 2 nitrogen and oxygen atoms in total. The van der Waals surface area contributed by atoms with Crippen LogP contribution in [0.15, 0.2) is 12.1 Å². The second kappa shape index (κ2) is 4.81. The highest BCUT2D eigenvalue weighted by Gasteiger charge is 2.39. The maximum absolute atomic E-state index is 12.7. The average molecular weight is 278 g/mol. The molecule has 0 unspecified atom stereocenters. The molecular formula is C11H4F6N2. The van der Waals surface area contributed by atoms with Gasteiger partial charge in [-0.15, -0.1) is 0 Å². The molecule has 0 N–H and O–H groups in total. The molecular weight excluding hydrogens is 274 g/mol. The van der Waals surface area contributed by atoms with Gasteiger partial charge in [-0.1, -0.05) is 0 Å². The van der Waals surface area contributed by atoms with Gasteiger partial charge in [0.15, 0.2) is 0 Å². The van der Waals surface area contributed by atoms with Crippen molar-refractivity contribution < 1.29 is 26.3 Å². The number of benzene rings is 1. The summed E-state index contributed by atoms with van der Waals surface area (Å²) in [7, 11) is 0. The van der Waals surface area contributed by atoms with E-state index in [1.807, 2.05) is 0 Å². The number of halogens is 6. The van der Waals surface area contributed by atoms with Crippen LogP contribution in [-0.2, 0) is 18.8 Å². The highest BCUT2D eigenvalue weighted by molar-refractivity contribution is 5.49. The Morgan fingerprint density at radius 2 is 1.53 bits per heavy atom. The highest BCUT2D eigenvalue weighted by Crippen LogP contribution is 2.39. The Kier molecular flexibility index (Phi) is 3.75. The van der Waals surface area contributed by atoms with E-state index in [1.165, 1.54) is 6.07 Å². The predicted molar refractivity (Wildman–Crippen MR) is 50.5 cm³/mol. The van der Waals surface area contributed by atoms with Crippen LogP contribution in [0, 0.1) is 22.7 Å². The van der Waals surface area contributed by atoms with Crippen molar-refractivity contribution in [3.05, 3.63) is 34.4 Å². The van der Waals surface area contributed by atoms with E-state index in [2.05, 4.69) is 0 Å². The van der Waals surface area contributed by atoms with Crippen LogP contribution in [0.4, 0.5) is 26.3 Å². The third-order valence-electron chi connectivity index (χ3n) is 2.22. The lowest BCUT2D eigenvalue weighted by Crippen LogP contribution is -2.15. The van der Waals surface area contributed by atoms with Crippen LogP contribution in [0.1, 0.15) is 22.3 Å². The number of nitriles is 2. The minimum absolute atomic E-state index is 0.129. The summed E-state index contributed by atoms with van der Waals surface area (Å²) in [5.41, 5.74) is -4.89. The molecule has 0 saturated carbocycles. The lowest BCUT2D eigenvalue weighted by atomic mass is 9.95. The molecule has 0 aliphatic rings. The summed E-state index contributed by atoms with van der Waals surface area (Å²) in [6.07, 6.45) is -10.8. The van der Waals surface area contributed by atoms with E-state index < -0.39 is 41.0 Å². The first kappa shape index (κ1) is 14.8. The Hall–Kier alpha value is -2.22. The molecule has 0 aromatic heterocycles. The van der Waals surface area contributed by atoms with Crippen molar-refractivity contribution in [1.82, 2.24) is 0 Å². The minimum atomic E-state index is -5.00. The number of hydrogen-bond donors (Lipinski definition) is 0. The first-order valence-corrected chi connectivity index (χ1v) is 4.69. The van der Waals surface area contributed by atoms with Crippen LogP contribution < -0.4 is 0 Å². The lowest BCUT2D eigenvalue weighted by molar-refractivity contribution is -0.142. The summed E-state index contributed by atoms with van der Waals surface area (Å²) in [6.45, 7) is 0. The van der Waals surface area contributed by atoms with E-state index in [-0.39, 0.29) is 12.1 Å². The van der Waals surface area contributed by atoms with Crippen molar-refractivity contribution in [2.75, 3.05) is 0 Å². The first-order chi connectivity index (χ1) is 8.61. The van der Waals surface area contributed by atoms with Crippen molar-refractivity contribution in [2.45, 2.75) is 18.8 Å². The number of rotatable bonds is 1. The van der Waals surface area contributed by atoms with Gasteiger partial charge in [0.2, 0.25) is 0 Å². The van der Waals surface area contributed by atoms with Crippen molar-refractivity contribution >= 4 is 0 Å². The second-order valence-corrected chi connectivity index (χ2v) is 3.50. The molecule has 0 atom stereocenters. The van der Waals surface area contributed by atoms with Gasteiger partial charge in [0, 0.05) is 0 Å². The molecule has 0 amide bonds. The molecule has 0 aliphatic heterocycles. The third-order valence-corrected chi connectivity index (χ3v) is 2.22. The summed E-state index contributed by atoms with van der Waals surface area (Å²) >= 11 is 0. The molecule has 8 heteroatoms. The SMILES string of the molecule is N#CCc1cc(C(F)(F)F)cc(C#N)c1C(F)(F)F. The van der Waals surface area contributed by atoms with Crippen LogP contribution in [0.3, 0.4) is 0 Å². The molecule has 100 valence electrons. The summed E-state index contributed by atoms with van der Waals surface area (Å²) in [6, 6.07) is 2.81. The number of nitrogens with zero attached hydrogens (tertiary/aromatic N) is 2. The van der Waals surface area contributed by atoms with Gasteiger partial charge in [0.05, 0.1) is 35.2 Å². The zero-order valence-electron chi connectivity index (χ0n) is 9.02. The molecule has 1 aromatic carbocycles. The Morgan fingerprint density at radius 1 is 0.947 bits per heavy atom. The van der Waals surface area contributed by atoms with Gasteiger partial charge in [-0.2, -0.15) is 36.9 Å². The van der Waals surface area contributed by atoms with Gasteiger partial charge in [-0.25, -0.2) is 0 Å². The quantitative estimate of drug-likeness (QED) is 0.736. The van der Waals surface area contributed by atoms with Crippen LogP contribution in [0.2, 0.25) is 0 Å². The normalized spacial score (nSPS) is 11.8.